The minimum Gasteiger partial charge on any atom is -0.341 e. The predicted octanol–water partition coefficient (Wildman–Crippen LogP) is 5.06. The van der Waals surface area contributed by atoms with Gasteiger partial charge in [-0.25, -0.2) is 9.18 Å². The van der Waals surface area contributed by atoms with Crippen LogP contribution in [-0.4, -0.2) is 35.7 Å². The minimum absolute atomic E-state index is 0.197. The highest BCUT2D eigenvalue weighted by Crippen LogP contribution is 2.32. The van der Waals surface area contributed by atoms with E-state index in [-0.39, 0.29) is 11.8 Å². The molecule has 2 aromatic carbocycles. The van der Waals surface area contributed by atoms with Crippen molar-refractivity contribution in [3.8, 4) is 11.3 Å². The first-order valence-corrected chi connectivity index (χ1v) is 10.6. The van der Waals surface area contributed by atoms with Crippen LogP contribution in [0.4, 0.5) is 15.1 Å². The number of hydrogen-bond donors (Lipinski definition) is 1. The zero-order chi connectivity index (χ0) is 22.2. The zero-order valence-electron chi connectivity index (χ0n) is 18.3. The molecule has 3 aromatic rings. The van der Waals surface area contributed by atoms with Gasteiger partial charge in [0, 0.05) is 31.7 Å². The second-order valence-electron chi connectivity index (χ2n) is 7.17. The highest BCUT2D eigenvalue weighted by molar-refractivity contribution is 5.75. The van der Waals surface area contributed by atoms with Gasteiger partial charge in [-0.1, -0.05) is 47.6 Å². The van der Waals surface area contributed by atoms with Crippen molar-refractivity contribution in [2.45, 2.75) is 33.9 Å². The van der Waals surface area contributed by atoms with Crippen LogP contribution < -0.4 is 10.2 Å². The van der Waals surface area contributed by atoms with Crippen LogP contribution in [-0.2, 0) is 13.1 Å². The van der Waals surface area contributed by atoms with E-state index in [0.29, 0.717) is 25.5 Å². The van der Waals surface area contributed by atoms with Crippen molar-refractivity contribution in [2.75, 3.05) is 24.5 Å². The highest BCUT2D eigenvalue weighted by atomic mass is 19.1. The molecule has 0 bridgehead atoms. The van der Waals surface area contributed by atoms with Crippen LogP contribution in [0.1, 0.15) is 31.9 Å². The lowest BCUT2D eigenvalue weighted by atomic mass is 10.1. The summed E-state index contributed by atoms with van der Waals surface area (Å²) in [5.41, 5.74) is 3.34. The molecule has 2 amide bonds. The number of carbonyl (C=O) groups excluding carboxylic acids is 1. The van der Waals surface area contributed by atoms with Crippen molar-refractivity contribution in [3.63, 3.8) is 0 Å². The summed E-state index contributed by atoms with van der Waals surface area (Å²) < 4.78 is 19.1. The smallest absolute Gasteiger partial charge is 0.317 e. The van der Waals surface area contributed by atoms with Gasteiger partial charge in [-0.15, -0.1) is 0 Å². The number of benzene rings is 2. The molecule has 1 heterocycles. The number of nitrogens with one attached hydrogen (secondary N) is 1. The Hall–Kier alpha value is -3.35. The summed E-state index contributed by atoms with van der Waals surface area (Å²) >= 11 is 0. The Kier molecular flexibility index (Phi) is 7.65. The Morgan fingerprint density at radius 1 is 1.00 bits per heavy atom. The summed E-state index contributed by atoms with van der Waals surface area (Å²) in [7, 11) is 0. The number of urea groups is 1. The number of carbonyl (C=O) groups is 1. The van der Waals surface area contributed by atoms with Gasteiger partial charge in [0.1, 0.15) is 11.5 Å². The third-order valence-electron chi connectivity index (χ3n) is 5.12. The second kappa shape index (κ2) is 10.6. The fourth-order valence-electron chi connectivity index (χ4n) is 3.49. The fraction of sp³-hybridized carbons (Fsp3) is 0.333. The van der Waals surface area contributed by atoms with Crippen LogP contribution in [0.15, 0.2) is 59.1 Å². The van der Waals surface area contributed by atoms with Crippen molar-refractivity contribution in [1.82, 2.24) is 15.4 Å². The Bertz CT molecular complexity index is 969. The molecule has 6 nitrogen and oxygen atoms in total. The normalized spacial score (nSPS) is 10.7. The standard InChI is InChI=1S/C24H29FN4O2/c1-4-26-24(30)29(16-18-12-14-20(25)15-13-18)17-21-22(19-10-8-7-9-11-19)27-31-23(21)28(5-2)6-3/h7-15H,4-6,16-17H2,1-3H3,(H,26,30). The van der Waals surface area contributed by atoms with Gasteiger partial charge in [-0.05, 0) is 38.5 Å². The summed E-state index contributed by atoms with van der Waals surface area (Å²) in [6.45, 7) is 8.65. The molecular formula is C24H29FN4O2. The number of hydrogen-bond acceptors (Lipinski definition) is 4. The first-order chi connectivity index (χ1) is 15.1. The lowest BCUT2D eigenvalue weighted by Gasteiger charge is -2.25. The molecule has 0 fully saturated rings. The van der Waals surface area contributed by atoms with Crippen molar-refractivity contribution in [1.29, 1.82) is 0 Å². The molecule has 1 N–H and O–H groups in total. The SMILES string of the molecule is CCNC(=O)N(Cc1ccc(F)cc1)Cc1c(-c2ccccc2)noc1N(CC)CC. The molecule has 0 radical (unpaired) electrons. The molecule has 0 spiro atoms. The van der Waals surface area contributed by atoms with Gasteiger partial charge < -0.3 is 19.6 Å². The molecular weight excluding hydrogens is 395 g/mol. The fourth-order valence-corrected chi connectivity index (χ4v) is 3.49. The van der Waals surface area contributed by atoms with Crippen molar-refractivity contribution in [2.24, 2.45) is 0 Å². The van der Waals surface area contributed by atoms with Gasteiger partial charge in [-0.3, -0.25) is 0 Å². The Morgan fingerprint density at radius 3 is 2.29 bits per heavy atom. The zero-order valence-corrected chi connectivity index (χ0v) is 18.3. The van der Waals surface area contributed by atoms with Crippen LogP contribution in [0.5, 0.6) is 0 Å². The van der Waals surface area contributed by atoms with Crippen LogP contribution in [0.25, 0.3) is 11.3 Å². The molecule has 0 aliphatic carbocycles. The molecule has 7 heteroatoms. The van der Waals surface area contributed by atoms with Gasteiger partial charge in [0.25, 0.3) is 0 Å². The molecule has 0 aliphatic rings. The molecule has 0 unspecified atom stereocenters. The van der Waals surface area contributed by atoms with E-state index < -0.39 is 0 Å². The van der Waals surface area contributed by atoms with E-state index >= 15 is 0 Å². The largest absolute Gasteiger partial charge is 0.341 e. The predicted molar refractivity (Wildman–Crippen MR) is 120 cm³/mol. The van der Waals surface area contributed by atoms with Crippen LogP contribution >= 0.6 is 0 Å². The summed E-state index contributed by atoms with van der Waals surface area (Å²) in [6, 6.07) is 15.8. The number of amides is 2. The Balaban J connectivity index is 2.00. The maximum absolute atomic E-state index is 13.3. The lowest BCUT2D eigenvalue weighted by Crippen LogP contribution is -2.39. The van der Waals surface area contributed by atoms with Crippen molar-refractivity contribution < 1.29 is 13.7 Å². The quantitative estimate of drug-likeness (QED) is 0.522. The van der Waals surface area contributed by atoms with E-state index in [1.807, 2.05) is 37.3 Å². The van der Waals surface area contributed by atoms with Gasteiger partial charge in [-0.2, -0.15) is 0 Å². The van der Waals surface area contributed by atoms with E-state index in [1.54, 1.807) is 17.0 Å². The third-order valence-corrected chi connectivity index (χ3v) is 5.12. The molecule has 164 valence electrons. The van der Waals surface area contributed by atoms with Gasteiger partial charge in [0.05, 0.1) is 12.1 Å². The van der Waals surface area contributed by atoms with E-state index in [1.165, 1.54) is 12.1 Å². The summed E-state index contributed by atoms with van der Waals surface area (Å²) in [6.07, 6.45) is 0. The van der Waals surface area contributed by atoms with Crippen molar-refractivity contribution in [3.05, 3.63) is 71.5 Å². The molecule has 0 atom stereocenters. The molecule has 0 saturated carbocycles. The van der Waals surface area contributed by atoms with Gasteiger partial charge >= 0.3 is 6.03 Å². The van der Waals surface area contributed by atoms with E-state index in [9.17, 15) is 9.18 Å². The summed E-state index contributed by atoms with van der Waals surface area (Å²) in [4.78, 5) is 16.7. The molecule has 0 aliphatic heterocycles. The number of anilines is 1. The molecule has 31 heavy (non-hydrogen) atoms. The average Bonchev–Trinajstić information content (AvgIpc) is 3.20. The van der Waals surface area contributed by atoms with E-state index in [0.717, 1.165) is 35.5 Å². The lowest BCUT2D eigenvalue weighted by molar-refractivity contribution is 0.193. The maximum atomic E-state index is 13.3. The second-order valence-corrected chi connectivity index (χ2v) is 7.17. The Morgan fingerprint density at radius 2 is 1.68 bits per heavy atom. The molecule has 0 saturated heterocycles. The van der Waals surface area contributed by atoms with Gasteiger partial charge in [0.15, 0.2) is 0 Å². The topological polar surface area (TPSA) is 61.6 Å². The minimum atomic E-state index is -0.303. The van der Waals surface area contributed by atoms with Crippen molar-refractivity contribution >= 4 is 11.9 Å². The van der Waals surface area contributed by atoms with Gasteiger partial charge in [0.2, 0.25) is 5.88 Å². The van der Waals surface area contributed by atoms with E-state index in [2.05, 4.69) is 29.2 Å². The summed E-state index contributed by atoms with van der Waals surface area (Å²) in [5, 5.41) is 7.23. The third kappa shape index (κ3) is 5.42. The van der Waals surface area contributed by atoms with Crippen LogP contribution in [0, 0.1) is 5.82 Å². The first-order valence-electron chi connectivity index (χ1n) is 10.6. The number of nitrogens with zero attached hydrogens (tertiary/aromatic N) is 3. The van der Waals surface area contributed by atoms with E-state index in [4.69, 9.17) is 4.52 Å². The van der Waals surface area contributed by atoms with Crippen LogP contribution in [0.2, 0.25) is 0 Å². The first kappa shape index (κ1) is 22.3. The maximum Gasteiger partial charge on any atom is 0.317 e. The average molecular weight is 425 g/mol. The monoisotopic (exact) mass is 424 g/mol. The highest BCUT2D eigenvalue weighted by Gasteiger charge is 2.25. The number of rotatable bonds is 9. The van der Waals surface area contributed by atoms with Crippen LogP contribution in [0.3, 0.4) is 0 Å². The molecule has 1 aromatic heterocycles. The summed E-state index contributed by atoms with van der Waals surface area (Å²) in [5.74, 6) is 0.361. The number of aromatic nitrogens is 1. The Labute approximate surface area is 182 Å². The molecule has 3 rings (SSSR count). The number of halogens is 1.